The van der Waals surface area contributed by atoms with E-state index in [4.69, 9.17) is 11.6 Å². The molecule has 1 aliphatic rings. The minimum absolute atomic E-state index is 0.286. The van der Waals surface area contributed by atoms with Gasteiger partial charge in [-0.3, -0.25) is 0 Å². The second-order valence-electron chi connectivity index (χ2n) is 2.96. The summed E-state index contributed by atoms with van der Waals surface area (Å²) in [5, 5.41) is 1.69. The molecule has 1 aromatic carbocycles. The van der Waals surface area contributed by atoms with Crippen molar-refractivity contribution >= 4 is 39.6 Å². The van der Waals surface area contributed by atoms with Gasteiger partial charge < -0.3 is 0 Å². The van der Waals surface area contributed by atoms with Gasteiger partial charge in [0.15, 0.2) is 0 Å². The zero-order chi connectivity index (χ0) is 10.3. The van der Waals surface area contributed by atoms with Gasteiger partial charge in [-0.25, -0.2) is 8.42 Å². The summed E-state index contributed by atoms with van der Waals surface area (Å²) in [4.78, 5) is 0.286. The molecule has 0 saturated carbocycles. The number of thiol groups is 1. The lowest BCUT2D eigenvalue weighted by Crippen LogP contribution is -1.93. The lowest BCUT2D eigenvalue weighted by molar-refractivity contribution is 0.605. The van der Waals surface area contributed by atoms with Crippen molar-refractivity contribution in [3.05, 3.63) is 34.2 Å². The van der Waals surface area contributed by atoms with Crippen LogP contribution in [0.15, 0.2) is 28.5 Å². The van der Waals surface area contributed by atoms with Crippen LogP contribution < -0.4 is 0 Å². The number of halogens is 1. The van der Waals surface area contributed by atoms with Crippen LogP contribution in [0.2, 0.25) is 5.02 Å². The maximum absolute atomic E-state index is 11.6. The Kier molecular flexibility index (Phi) is 2.37. The molecule has 74 valence electrons. The molecular formula is C9H7ClO2S2. The van der Waals surface area contributed by atoms with Crippen LogP contribution in [0.5, 0.6) is 0 Å². The number of hydrogen-bond acceptors (Lipinski definition) is 3. The first-order valence-electron chi connectivity index (χ1n) is 3.91. The number of sulfone groups is 1. The summed E-state index contributed by atoms with van der Waals surface area (Å²) in [6, 6.07) is 4.87. The number of fused-ring (bicyclic) bond motifs is 1. The second kappa shape index (κ2) is 3.29. The highest BCUT2D eigenvalue weighted by atomic mass is 35.5. The van der Waals surface area contributed by atoms with E-state index in [-0.39, 0.29) is 4.90 Å². The molecule has 0 aromatic heterocycles. The van der Waals surface area contributed by atoms with Gasteiger partial charge in [-0.15, -0.1) is 0 Å². The average Bonchev–Trinajstić information content (AvgIpc) is 2.40. The van der Waals surface area contributed by atoms with Crippen LogP contribution in [0.25, 0.3) is 5.57 Å². The smallest absolute Gasteiger partial charge is 0.200 e. The third-order valence-corrected chi connectivity index (χ3v) is 4.27. The van der Waals surface area contributed by atoms with Crippen molar-refractivity contribution in [2.45, 2.75) is 4.90 Å². The van der Waals surface area contributed by atoms with Gasteiger partial charge in [-0.1, -0.05) is 17.7 Å². The zero-order valence-electron chi connectivity index (χ0n) is 7.07. The molecule has 0 atom stereocenters. The Balaban J connectivity index is 2.82. The molecule has 0 unspecified atom stereocenters. The third kappa shape index (κ3) is 1.38. The molecule has 0 fully saturated rings. The Hall–Kier alpha value is -0.450. The predicted octanol–water partition coefficient (Wildman–Crippen LogP) is 2.40. The van der Waals surface area contributed by atoms with Gasteiger partial charge in [0.2, 0.25) is 9.84 Å². The first-order chi connectivity index (χ1) is 6.56. The van der Waals surface area contributed by atoms with Gasteiger partial charge in [-0.2, -0.15) is 12.6 Å². The van der Waals surface area contributed by atoms with Gasteiger partial charge in [0.05, 0.1) is 4.90 Å². The molecule has 0 bridgehead atoms. The minimum atomic E-state index is -3.28. The molecule has 0 saturated heterocycles. The SMILES string of the molecule is O=S1(=O)C=C(CS)c2c(Cl)cccc21. The van der Waals surface area contributed by atoms with Gasteiger partial charge in [0, 0.05) is 21.7 Å². The van der Waals surface area contributed by atoms with E-state index < -0.39 is 9.84 Å². The lowest BCUT2D eigenvalue weighted by atomic mass is 10.1. The van der Waals surface area contributed by atoms with Crippen molar-refractivity contribution in [2.75, 3.05) is 5.75 Å². The molecule has 2 rings (SSSR count). The first kappa shape index (κ1) is 10.1. The highest BCUT2D eigenvalue weighted by Crippen LogP contribution is 2.38. The summed E-state index contributed by atoms with van der Waals surface area (Å²) < 4.78 is 23.2. The van der Waals surface area contributed by atoms with E-state index in [1.54, 1.807) is 18.2 Å². The summed E-state index contributed by atoms with van der Waals surface area (Å²) in [6.07, 6.45) is 0. The maximum Gasteiger partial charge on any atom is 0.200 e. The quantitative estimate of drug-likeness (QED) is 0.773. The van der Waals surface area contributed by atoms with Crippen LogP contribution in [0.1, 0.15) is 5.56 Å². The van der Waals surface area contributed by atoms with Gasteiger partial charge in [-0.05, 0) is 17.7 Å². The topological polar surface area (TPSA) is 34.1 Å². The van der Waals surface area contributed by atoms with Crippen LogP contribution in [0.4, 0.5) is 0 Å². The highest BCUT2D eigenvalue weighted by Gasteiger charge is 2.27. The minimum Gasteiger partial charge on any atom is -0.219 e. The van der Waals surface area contributed by atoms with E-state index in [1.807, 2.05) is 0 Å². The summed E-state index contributed by atoms with van der Waals surface area (Å²) in [5.41, 5.74) is 1.26. The lowest BCUT2D eigenvalue weighted by Gasteiger charge is -2.03. The van der Waals surface area contributed by atoms with E-state index >= 15 is 0 Å². The Morgan fingerprint density at radius 1 is 1.36 bits per heavy atom. The van der Waals surface area contributed by atoms with Crippen molar-refractivity contribution < 1.29 is 8.42 Å². The Morgan fingerprint density at radius 2 is 2.07 bits per heavy atom. The van der Waals surface area contributed by atoms with E-state index in [0.29, 0.717) is 21.9 Å². The summed E-state index contributed by atoms with van der Waals surface area (Å²) in [7, 11) is -3.28. The van der Waals surface area contributed by atoms with Gasteiger partial charge in [0.25, 0.3) is 0 Å². The number of hydrogen-bond donors (Lipinski definition) is 1. The summed E-state index contributed by atoms with van der Waals surface area (Å²) in [5.74, 6) is 0.371. The maximum atomic E-state index is 11.6. The van der Waals surface area contributed by atoms with Crippen molar-refractivity contribution in [3.63, 3.8) is 0 Å². The van der Waals surface area contributed by atoms with Crippen molar-refractivity contribution in [2.24, 2.45) is 0 Å². The molecule has 0 spiro atoms. The molecule has 0 aliphatic carbocycles. The molecule has 5 heteroatoms. The van der Waals surface area contributed by atoms with Crippen LogP contribution in [-0.2, 0) is 9.84 Å². The molecule has 0 radical (unpaired) electrons. The van der Waals surface area contributed by atoms with Gasteiger partial charge >= 0.3 is 0 Å². The van der Waals surface area contributed by atoms with Crippen LogP contribution in [0, 0.1) is 0 Å². The van der Waals surface area contributed by atoms with Crippen molar-refractivity contribution in [1.29, 1.82) is 0 Å². The molecule has 0 amide bonds. The van der Waals surface area contributed by atoms with Crippen LogP contribution in [0.3, 0.4) is 0 Å². The molecule has 1 aliphatic heterocycles. The fourth-order valence-corrected chi connectivity index (χ4v) is 3.70. The molecular weight excluding hydrogens is 240 g/mol. The normalized spacial score (nSPS) is 17.7. The fourth-order valence-electron chi connectivity index (χ4n) is 1.48. The zero-order valence-corrected chi connectivity index (χ0v) is 9.53. The van der Waals surface area contributed by atoms with E-state index in [1.165, 1.54) is 5.41 Å². The second-order valence-corrected chi connectivity index (χ2v) is 5.45. The molecule has 1 heterocycles. The largest absolute Gasteiger partial charge is 0.219 e. The fraction of sp³-hybridized carbons (Fsp3) is 0.111. The third-order valence-electron chi connectivity index (χ3n) is 2.07. The Morgan fingerprint density at radius 3 is 2.71 bits per heavy atom. The first-order valence-corrected chi connectivity index (χ1v) is 6.47. The van der Waals surface area contributed by atoms with E-state index in [0.717, 1.165) is 0 Å². The van der Waals surface area contributed by atoms with Crippen LogP contribution >= 0.6 is 24.2 Å². The monoisotopic (exact) mass is 246 g/mol. The molecule has 2 nitrogen and oxygen atoms in total. The molecule has 0 N–H and O–H groups in total. The number of benzene rings is 1. The number of rotatable bonds is 1. The highest BCUT2D eigenvalue weighted by molar-refractivity contribution is 7.95. The average molecular weight is 247 g/mol. The van der Waals surface area contributed by atoms with Crippen molar-refractivity contribution in [1.82, 2.24) is 0 Å². The Bertz CT molecular complexity index is 518. The summed E-state index contributed by atoms with van der Waals surface area (Å²) in [6.45, 7) is 0. The molecule has 1 aromatic rings. The Labute approximate surface area is 92.9 Å². The molecule has 14 heavy (non-hydrogen) atoms. The van der Waals surface area contributed by atoms with Gasteiger partial charge in [0.1, 0.15) is 0 Å². The summed E-state index contributed by atoms with van der Waals surface area (Å²) >= 11 is 10.0. The predicted molar refractivity (Wildman–Crippen MR) is 60.5 cm³/mol. The van der Waals surface area contributed by atoms with E-state index in [2.05, 4.69) is 12.6 Å². The van der Waals surface area contributed by atoms with Crippen molar-refractivity contribution in [3.8, 4) is 0 Å². The van der Waals surface area contributed by atoms with E-state index in [9.17, 15) is 8.42 Å². The van der Waals surface area contributed by atoms with Crippen LogP contribution in [-0.4, -0.2) is 14.2 Å². The standard InChI is InChI=1S/C9H7ClO2S2/c10-7-2-1-3-8-9(7)6(4-13)5-14(8,11)12/h1-3,5,13H,4H2.